The van der Waals surface area contributed by atoms with Crippen LogP contribution >= 0.6 is 22.9 Å². The van der Waals surface area contributed by atoms with Crippen LogP contribution in [0.15, 0.2) is 34.4 Å². The van der Waals surface area contributed by atoms with Gasteiger partial charge in [0.25, 0.3) is 11.5 Å². The first-order valence-corrected chi connectivity index (χ1v) is 8.41. The second-order valence-corrected chi connectivity index (χ2v) is 6.47. The lowest BCUT2D eigenvalue weighted by Gasteiger charge is -2.11. The molecule has 0 aliphatic carbocycles. The topological polar surface area (TPSA) is 64.0 Å². The van der Waals surface area contributed by atoms with Crippen LogP contribution in [0.5, 0.6) is 0 Å². The Hall–Kier alpha value is -2.25. The van der Waals surface area contributed by atoms with Gasteiger partial charge in [0.15, 0.2) is 0 Å². The Labute approximate surface area is 145 Å². The predicted molar refractivity (Wildman–Crippen MR) is 92.4 cm³/mol. The zero-order chi connectivity index (χ0) is 17.3. The summed E-state index contributed by atoms with van der Waals surface area (Å²) in [7, 11) is 0. The first-order valence-electron chi connectivity index (χ1n) is 7.15. The van der Waals surface area contributed by atoms with Gasteiger partial charge in [-0.2, -0.15) is 0 Å². The van der Waals surface area contributed by atoms with Crippen molar-refractivity contribution < 1.29 is 9.18 Å². The molecule has 0 aliphatic rings. The fraction of sp³-hybridized carbons (Fsp3) is 0.188. The zero-order valence-corrected chi connectivity index (χ0v) is 14.2. The normalized spacial score (nSPS) is 11.0. The lowest BCUT2D eigenvalue weighted by atomic mass is 10.2. The van der Waals surface area contributed by atoms with Crippen molar-refractivity contribution in [2.24, 2.45) is 0 Å². The van der Waals surface area contributed by atoms with E-state index in [1.165, 1.54) is 28.0 Å². The molecule has 0 aliphatic heterocycles. The van der Waals surface area contributed by atoms with Crippen molar-refractivity contribution in [3.63, 3.8) is 0 Å². The Morgan fingerprint density at radius 1 is 1.42 bits per heavy atom. The summed E-state index contributed by atoms with van der Waals surface area (Å²) in [5, 5.41) is 5.23. The molecule has 3 aromatic rings. The van der Waals surface area contributed by atoms with E-state index in [1.54, 1.807) is 13.0 Å². The largest absolute Gasteiger partial charge is 0.350 e. The van der Waals surface area contributed by atoms with Crippen LogP contribution in [0.2, 0.25) is 5.02 Å². The van der Waals surface area contributed by atoms with Gasteiger partial charge in [-0.15, -0.1) is 11.3 Å². The van der Waals surface area contributed by atoms with E-state index >= 15 is 0 Å². The average molecular weight is 366 g/mol. The molecule has 0 atom stereocenters. The van der Waals surface area contributed by atoms with E-state index < -0.39 is 11.7 Å². The number of aromatic nitrogens is 2. The predicted octanol–water partition coefficient (Wildman–Crippen LogP) is 2.99. The minimum absolute atomic E-state index is 0.127. The van der Waals surface area contributed by atoms with Crippen LogP contribution in [-0.4, -0.2) is 22.0 Å². The second kappa shape index (κ2) is 6.70. The highest BCUT2D eigenvalue weighted by atomic mass is 35.5. The van der Waals surface area contributed by atoms with Gasteiger partial charge in [-0.3, -0.25) is 14.2 Å². The van der Waals surface area contributed by atoms with Gasteiger partial charge in [-0.25, -0.2) is 9.37 Å². The number of amides is 1. The number of nitrogens with one attached hydrogen (secondary N) is 1. The summed E-state index contributed by atoms with van der Waals surface area (Å²) in [6, 6.07) is 5.51. The van der Waals surface area contributed by atoms with Crippen LogP contribution in [-0.2, 0) is 6.54 Å². The summed E-state index contributed by atoms with van der Waals surface area (Å²) in [4.78, 5) is 29.5. The second-order valence-electron chi connectivity index (χ2n) is 5.14. The van der Waals surface area contributed by atoms with E-state index in [0.717, 1.165) is 6.07 Å². The number of carbonyl (C=O) groups is 1. The number of thiophene rings is 1. The lowest BCUT2D eigenvalue weighted by Crippen LogP contribution is -2.32. The van der Waals surface area contributed by atoms with Gasteiger partial charge in [-0.1, -0.05) is 11.6 Å². The third-order valence-corrected chi connectivity index (χ3v) is 4.61. The highest BCUT2D eigenvalue weighted by Crippen LogP contribution is 2.15. The minimum Gasteiger partial charge on any atom is -0.350 e. The molecular weight excluding hydrogens is 353 g/mol. The number of aryl methyl sites for hydroxylation is 1. The van der Waals surface area contributed by atoms with E-state index in [9.17, 15) is 14.0 Å². The van der Waals surface area contributed by atoms with E-state index in [2.05, 4.69) is 10.3 Å². The van der Waals surface area contributed by atoms with Crippen molar-refractivity contribution in [2.75, 3.05) is 6.54 Å². The molecule has 0 bridgehead atoms. The van der Waals surface area contributed by atoms with E-state index in [0.29, 0.717) is 16.0 Å². The van der Waals surface area contributed by atoms with Gasteiger partial charge in [0, 0.05) is 18.1 Å². The Balaban J connectivity index is 1.74. The van der Waals surface area contributed by atoms with Crippen molar-refractivity contribution >= 4 is 39.1 Å². The Bertz CT molecular complexity index is 983. The number of fused-ring (bicyclic) bond motifs is 1. The number of rotatable bonds is 4. The summed E-state index contributed by atoms with van der Waals surface area (Å²) in [6.45, 7) is 2.15. The van der Waals surface area contributed by atoms with Crippen LogP contribution in [0.1, 0.15) is 16.2 Å². The van der Waals surface area contributed by atoms with Gasteiger partial charge in [0.1, 0.15) is 16.5 Å². The summed E-state index contributed by atoms with van der Waals surface area (Å²) in [5.74, 6) is -0.657. The maximum absolute atomic E-state index is 13.7. The summed E-state index contributed by atoms with van der Waals surface area (Å²) >= 11 is 7.18. The van der Waals surface area contributed by atoms with Gasteiger partial charge in [0.05, 0.1) is 10.9 Å². The average Bonchev–Trinajstić information content (AvgIpc) is 3.01. The van der Waals surface area contributed by atoms with Crippen molar-refractivity contribution in [3.05, 3.63) is 62.2 Å². The third-order valence-electron chi connectivity index (χ3n) is 3.57. The molecule has 0 spiro atoms. The van der Waals surface area contributed by atoms with E-state index in [4.69, 9.17) is 11.6 Å². The van der Waals surface area contributed by atoms with Crippen LogP contribution in [0.3, 0.4) is 0 Å². The molecule has 5 nitrogen and oxygen atoms in total. The molecule has 2 aromatic heterocycles. The highest BCUT2D eigenvalue weighted by molar-refractivity contribution is 7.16. The Morgan fingerprint density at radius 2 is 2.21 bits per heavy atom. The molecule has 0 radical (unpaired) electrons. The molecular formula is C16H13ClFN3O2S. The molecule has 1 N–H and O–H groups in total. The Morgan fingerprint density at radius 3 is 3.00 bits per heavy atom. The Kier molecular flexibility index (Phi) is 4.64. The van der Waals surface area contributed by atoms with E-state index in [1.807, 2.05) is 5.38 Å². The molecule has 24 heavy (non-hydrogen) atoms. The monoisotopic (exact) mass is 365 g/mol. The zero-order valence-electron chi connectivity index (χ0n) is 12.7. The summed E-state index contributed by atoms with van der Waals surface area (Å²) in [5.41, 5.74) is -0.278. The van der Waals surface area contributed by atoms with Gasteiger partial charge >= 0.3 is 0 Å². The van der Waals surface area contributed by atoms with Crippen molar-refractivity contribution in [1.29, 1.82) is 0 Å². The fourth-order valence-electron chi connectivity index (χ4n) is 2.36. The van der Waals surface area contributed by atoms with Gasteiger partial charge in [-0.05, 0) is 36.6 Å². The first-order chi connectivity index (χ1) is 11.5. The molecule has 124 valence electrons. The lowest BCUT2D eigenvalue weighted by molar-refractivity contribution is 0.0948. The summed E-state index contributed by atoms with van der Waals surface area (Å²) < 4.78 is 15.1. The molecule has 8 heteroatoms. The maximum atomic E-state index is 13.7. The molecule has 0 unspecified atom stereocenters. The molecule has 1 aromatic carbocycles. The number of carbonyl (C=O) groups excluding carboxylic acids is 1. The van der Waals surface area contributed by atoms with Crippen molar-refractivity contribution in [3.8, 4) is 0 Å². The molecule has 2 heterocycles. The summed E-state index contributed by atoms with van der Waals surface area (Å²) in [6.07, 6.45) is 0. The highest BCUT2D eigenvalue weighted by Gasteiger charge is 2.13. The smallest absolute Gasteiger partial charge is 0.262 e. The molecule has 1 amide bonds. The third kappa shape index (κ3) is 3.18. The van der Waals surface area contributed by atoms with Crippen molar-refractivity contribution in [2.45, 2.75) is 13.5 Å². The SMILES string of the molecule is Cc1nc2sccc2c(=O)n1CCNC(=O)c1cc(Cl)ccc1F. The minimum atomic E-state index is -0.647. The number of hydrogen-bond acceptors (Lipinski definition) is 4. The van der Waals surface area contributed by atoms with Crippen LogP contribution in [0, 0.1) is 12.7 Å². The molecule has 3 rings (SSSR count). The maximum Gasteiger partial charge on any atom is 0.262 e. The van der Waals surface area contributed by atoms with Crippen LogP contribution < -0.4 is 10.9 Å². The molecule has 0 saturated carbocycles. The van der Waals surface area contributed by atoms with Gasteiger partial charge < -0.3 is 5.32 Å². The molecule has 0 fully saturated rings. The number of halogens is 2. The first kappa shape index (κ1) is 16.6. The number of hydrogen-bond donors (Lipinski definition) is 1. The van der Waals surface area contributed by atoms with Crippen LogP contribution in [0.25, 0.3) is 10.2 Å². The van der Waals surface area contributed by atoms with Crippen molar-refractivity contribution in [1.82, 2.24) is 14.9 Å². The standard InChI is InChI=1S/C16H13ClFN3O2S/c1-9-20-15-11(4-7-24-15)16(23)21(9)6-5-19-14(22)12-8-10(17)2-3-13(12)18/h2-4,7-8H,5-6H2,1H3,(H,19,22). The van der Waals surface area contributed by atoms with Crippen LogP contribution in [0.4, 0.5) is 4.39 Å². The number of benzene rings is 1. The fourth-order valence-corrected chi connectivity index (χ4v) is 3.33. The number of nitrogens with zero attached hydrogens (tertiary/aromatic N) is 2. The van der Waals surface area contributed by atoms with E-state index in [-0.39, 0.29) is 29.2 Å². The molecule has 0 saturated heterocycles. The van der Waals surface area contributed by atoms with Gasteiger partial charge in [0.2, 0.25) is 0 Å². The quantitative estimate of drug-likeness (QED) is 0.773.